The van der Waals surface area contributed by atoms with Gasteiger partial charge in [0, 0.05) is 27.4 Å². The predicted molar refractivity (Wildman–Crippen MR) is 128 cm³/mol. The monoisotopic (exact) mass is 490 g/mol. The van der Waals surface area contributed by atoms with Crippen molar-refractivity contribution in [2.75, 3.05) is 0 Å². The molecule has 0 atom stereocenters. The molecule has 0 aliphatic rings. The molecule has 5 rings (SSSR count). The highest BCUT2D eigenvalue weighted by Crippen LogP contribution is 2.32. The molecule has 0 radical (unpaired) electrons. The van der Waals surface area contributed by atoms with Crippen molar-refractivity contribution in [2.24, 2.45) is 0 Å². The second-order valence-corrected chi connectivity index (χ2v) is 8.09. The molecule has 0 aliphatic heterocycles. The number of rotatable bonds is 6. The van der Waals surface area contributed by atoms with Gasteiger partial charge in [-0.1, -0.05) is 58.7 Å². The van der Waals surface area contributed by atoms with Crippen molar-refractivity contribution in [3.8, 4) is 28.1 Å². The Morgan fingerprint density at radius 1 is 1.03 bits per heavy atom. The van der Waals surface area contributed by atoms with Gasteiger partial charge >= 0.3 is 0 Å². The van der Waals surface area contributed by atoms with Crippen molar-refractivity contribution in [1.82, 2.24) is 40.7 Å². The molecule has 3 aromatic heterocycles. The molecule has 0 aliphatic carbocycles. The van der Waals surface area contributed by atoms with Crippen molar-refractivity contribution < 1.29 is 4.79 Å². The van der Waals surface area contributed by atoms with Crippen LogP contribution in [0.25, 0.3) is 28.1 Å². The lowest BCUT2D eigenvalue weighted by Crippen LogP contribution is -2.24. The third-order valence-corrected chi connectivity index (χ3v) is 5.60. The van der Waals surface area contributed by atoms with Gasteiger partial charge in [-0.15, -0.1) is 10.2 Å². The summed E-state index contributed by atoms with van der Waals surface area (Å²) in [6.45, 7) is 0.126. The highest BCUT2D eigenvalue weighted by atomic mass is 35.5. The standard InChI is InChI=1S/C23H16Cl2N8O/c24-16-7-8-18(19(25)10-16)14-3-5-15(6-4-14)21-11-20(23(34)27-13-22-28-31-32-29-22)30-33(21)17-2-1-9-26-12-17/h1-12H,13H2,(H,27,34)(H,28,29,31,32). The van der Waals surface area contributed by atoms with Crippen LogP contribution in [0.5, 0.6) is 0 Å². The van der Waals surface area contributed by atoms with E-state index in [0.29, 0.717) is 15.9 Å². The van der Waals surface area contributed by atoms with Gasteiger partial charge in [0.15, 0.2) is 11.5 Å². The third kappa shape index (κ3) is 4.52. The maximum atomic E-state index is 12.8. The summed E-state index contributed by atoms with van der Waals surface area (Å²) < 4.78 is 1.68. The highest BCUT2D eigenvalue weighted by molar-refractivity contribution is 6.36. The first kappa shape index (κ1) is 21.7. The largest absolute Gasteiger partial charge is 0.343 e. The Morgan fingerprint density at radius 2 is 1.85 bits per heavy atom. The molecule has 11 heteroatoms. The van der Waals surface area contributed by atoms with Crippen LogP contribution in [0.4, 0.5) is 0 Å². The molecule has 1 amide bonds. The average Bonchev–Trinajstić information content (AvgIpc) is 3.54. The van der Waals surface area contributed by atoms with Gasteiger partial charge in [-0.25, -0.2) is 4.68 Å². The Bertz CT molecular complexity index is 1430. The zero-order valence-electron chi connectivity index (χ0n) is 17.5. The van der Waals surface area contributed by atoms with Crippen LogP contribution in [0.1, 0.15) is 16.3 Å². The summed E-state index contributed by atoms with van der Waals surface area (Å²) in [4.78, 5) is 16.9. The van der Waals surface area contributed by atoms with Gasteiger partial charge in [-0.05, 0) is 35.9 Å². The number of halogens is 2. The van der Waals surface area contributed by atoms with E-state index in [0.717, 1.165) is 28.1 Å². The first-order valence-electron chi connectivity index (χ1n) is 10.2. The van der Waals surface area contributed by atoms with E-state index in [-0.39, 0.29) is 18.1 Å². The fourth-order valence-corrected chi connectivity index (χ4v) is 3.94. The topological polar surface area (TPSA) is 114 Å². The number of hydrogen-bond donors (Lipinski definition) is 2. The zero-order chi connectivity index (χ0) is 23.5. The number of hydrogen-bond acceptors (Lipinski definition) is 6. The molecular formula is C23H16Cl2N8O. The number of amides is 1. The van der Waals surface area contributed by atoms with E-state index in [1.807, 2.05) is 42.5 Å². The fraction of sp³-hybridized carbons (Fsp3) is 0.0435. The average molecular weight is 491 g/mol. The second-order valence-electron chi connectivity index (χ2n) is 7.25. The van der Waals surface area contributed by atoms with Crippen LogP contribution in [0.3, 0.4) is 0 Å². The lowest BCUT2D eigenvalue weighted by molar-refractivity contribution is 0.0944. The van der Waals surface area contributed by atoms with Crippen molar-refractivity contribution in [3.63, 3.8) is 0 Å². The van der Waals surface area contributed by atoms with E-state index in [2.05, 4.69) is 36.0 Å². The van der Waals surface area contributed by atoms with Crippen molar-refractivity contribution in [3.05, 3.63) is 94.6 Å². The molecule has 9 nitrogen and oxygen atoms in total. The quantitative estimate of drug-likeness (QED) is 0.365. The van der Waals surface area contributed by atoms with E-state index < -0.39 is 0 Å². The number of aromatic nitrogens is 7. The Kier molecular flexibility index (Phi) is 6.03. The summed E-state index contributed by atoms with van der Waals surface area (Å²) in [5.74, 6) is 0.00923. The highest BCUT2D eigenvalue weighted by Gasteiger charge is 2.18. The van der Waals surface area contributed by atoms with Crippen LogP contribution in [-0.4, -0.2) is 41.3 Å². The molecule has 34 heavy (non-hydrogen) atoms. The number of pyridine rings is 1. The summed E-state index contributed by atoms with van der Waals surface area (Å²) in [5.41, 5.74) is 4.37. The van der Waals surface area contributed by atoms with Crippen LogP contribution in [-0.2, 0) is 6.54 Å². The fourth-order valence-electron chi connectivity index (χ4n) is 3.42. The summed E-state index contributed by atoms with van der Waals surface area (Å²) in [7, 11) is 0. The van der Waals surface area contributed by atoms with Gasteiger partial charge in [-0.3, -0.25) is 9.78 Å². The Balaban J connectivity index is 1.49. The van der Waals surface area contributed by atoms with Gasteiger partial charge in [0.05, 0.1) is 24.1 Å². The molecule has 2 aromatic carbocycles. The van der Waals surface area contributed by atoms with E-state index in [4.69, 9.17) is 23.2 Å². The number of carbonyl (C=O) groups excluding carboxylic acids is 1. The molecule has 0 saturated carbocycles. The molecule has 3 heterocycles. The van der Waals surface area contributed by atoms with Gasteiger partial charge in [0.25, 0.3) is 5.91 Å². The Hall–Kier alpha value is -4.08. The summed E-state index contributed by atoms with van der Waals surface area (Å²) in [6.07, 6.45) is 3.36. The van der Waals surface area contributed by atoms with E-state index in [1.165, 1.54) is 0 Å². The zero-order valence-corrected chi connectivity index (χ0v) is 19.0. The van der Waals surface area contributed by atoms with Crippen LogP contribution < -0.4 is 5.32 Å². The Labute approximate surface area is 203 Å². The van der Waals surface area contributed by atoms with E-state index >= 15 is 0 Å². The summed E-state index contributed by atoms with van der Waals surface area (Å²) >= 11 is 12.4. The predicted octanol–water partition coefficient (Wildman–Crippen LogP) is 4.35. The van der Waals surface area contributed by atoms with Crippen LogP contribution in [0.2, 0.25) is 10.0 Å². The number of aromatic amines is 1. The first-order valence-corrected chi connectivity index (χ1v) is 10.9. The first-order chi connectivity index (χ1) is 16.6. The number of nitrogens with one attached hydrogen (secondary N) is 2. The summed E-state index contributed by atoms with van der Waals surface area (Å²) in [6, 6.07) is 18.6. The van der Waals surface area contributed by atoms with E-state index in [9.17, 15) is 4.79 Å². The minimum absolute atomic E-state index is 0.126. The number of tetrazole rings is 1. The molecule has 5 aromatic rings. The lowest BCUT2D eigenvalue weighted by Gasteiger charge is -2.09. The molecule has 2 N–H and O–H groups in total. The van der Waals surface area contributed by atoms with Crippen molar-refractivity contribution in [1.29, 1.82) is 0 Å². The third-order valence-electron chi connectivity index (χ3n) is 5.05. The molecule has 168 valence electrons. The number of nitrogens with zero attached hydrogens (tertiary/aromatic N) is 6. The normalized spacial score (nSPS) is 10.9. The van der Waals surface area contributed by atoms with Crippen molar-refractivity contribution in [2.45, 2.75) is 6.54 Å². The van der Waals surface area contributed by atoms with Crippen molar-refractivity contribution >= 4 is 29.1 Å². The molecule has 0 bridgehead atoms. The minimum atomic E-state index is -0.363. The van der Waals surface area contributed by atoms with Crippen LogP contribution >= 0.6 is 23.2 Å². The van der Waals surface area contributed by atoms with Gasteiger partial charge in [-0.2, -0.15) is 10.3 Å². The van der Waals surface area contributed by atoms with Gasteiger partial charge in [0.1, 0.15) is 0 Å². The van der Waals surface area contributed by atoms with Gasteiger partial charge < -0.3 is 5.32 Å². The number of carbonyl (C=O) groups is 1. The maximum Gasteiger partial charge on any atom is 0.272 e. The molecule has 0 unspecified atom stereocenters. The SMILES string of the molecule is O=C(NCc1nn[nH]n1)c1cc(-c2ccc(-c3ccc(Cl)cc3Cl)cc2)n(-c2cccnc2)n1. The smallest absolute Gasteiger partial charge is 0.272 e. The Morgan fingerprint density at radius 3 is 2.56 bits per heavy atom. The minimum Gasteiger partial charge on any atom is -0.343 e. The molecule has 0 saturated heterocycles. The molecule has 0 spiro atoms. The summed E-state index contributed by atoms with van der Waals surface area (Å²) in [5, 5.41) is 21.9. The van der Waals surface area contributed by atoms with Crippen LogP contribution in [0, 0.1) is 0 Å². The lowest BCUT2D eigenvalue weighted by atomic mass is 10.0. The van der Waals surface area contributed by atoms with E-state index in [1.54, 1.807) is 35.3 Å². The van der Waals surface area contributed by atoms with Crippen LogP contribution in [0.15, 0.2) is 73.1 Å². The molecule has 0 fully saturated rings. The maximum absolute atomic E-state index is 12.8. The second kappa shape index (κ2) is 9.42. The molecular weight excluding hydrogens is 475 g/mol. The van der Waals surface area contributed by atoms with Gasteiger partial charge in [0.2, 0.25) is 0 Å². The number of benzene rings is 2. The number of H-pyrrole nitrogens is 1.